The maximum Gasteiger partial charge on any atom is 0.344 e. The van der Waals surface area contributed by atoms with E-state index in [0.717, 1.165) is 11.1 Å². The first-order valence-corrected chi connectivity index (χ1v) is 9.05. The zero-order valence-electron chi connectivity index (χ0n) is 15.5. The van der Waals surface area contributed by atoms with Crippen molar-refractivity contribution in [1.29, 1.82) is 0 Å². The minimum absolute atomic E-state index is 0.188. The van der Waals surface area contributed by atoms with Crippen LogP contribution >= 0.6 is 11.6 Å². The van der Waals surface area contributed by atoms with E-state index in [1.165, 1.54) is 6.92 Å². The van der Waals surface area contributed by atoms with Gasteiger partial charge in [0.2, 0.25) is 6.79 Å². The Balaban J connectivity index is 1.44. The Bertz CT molecular complexity index is 885. The van der Waals surface area contributed by atoms with Gasteiger partial charge in [-0.15, -0.1) is 0 Å². The highest BCUT2D eigenvalue weighted by Crippen LogP contribution is 2.32. The van der Waals surface area contributed by atoms with Crippen LogP contribution in [-0.2, 0) is 20.9 Å². The van der Waals surface area contributed by atoms with Gasteiger partial charge in [0.25, 0.3) is 5.91 Å². The molecule has 148 valence electrons. The van der Waals surface area contributed by atoms with Crippen molar-refractivity contribution in [2.45, 2.75) is 26.5 Å². The van der Waals surface area contributed by atoms with Gasteiger partial charge in [-0.3, -0.25) is 4.79 Å². The van der Waals surface area contributed by atoms with E-state index in [1.807, 2.05) is 19.1 Å². The third kappa shape index (κ3) is 5.07. The van der Waals surface area contributed by atoms with Crippen molar-refractivity contribution in [2.75, 3.05) is 13.4 Å². The smallest absolute Gasteiger partial charge is 0.344 e. The van der Waals surface area contributed by atoms with E-state index in [2.05, 4.69) is 5.32 Å². The van der Waals surface area contributed by atoms with E-state index in [9.17, 15) is 9.59 Å². The van der Waals surface area contributed by atoms with Gasteiger partial charge in [0, 0.05) is 6.54 Å². The van der Waals surface area contributed by atoms with Gasteiger partial charge in [0.1, 0.15) is 5.75 Å². The van der Waals surface area contributed by atoms with Gasteiger partial charge in [-0.1, -0.05) is 23.7 Å². The number of aryl methyl sites for hydroxylation is 1. The molecule has 0 aromatic heterocycles. The number of esters is 1. The second kappa shape index (κ2) is 8.84. The Morgan fingerprint density at radius 3 is 2.79 bits per heavy atom. The molecule has 8 heteroatoms. The SMILES string of the molecule is Cc1ccc(Cl)c(OCC(=O)O[C@@H](C)C(=O)NCc2ccc3c(c2)OCO3)c1. The molecule has 2 aromatic rings. The van der Waals surface area contributed by atoms with E-state index in [1.54, 1.807) is 24.3 Å². The van der Waals surface area contributed by atoms with Crippen LogP contribution in [0.2, 0.25) is 5.02 Å². The largest absolute Gasteiger partial charge is 0.480 e. The number of halogens is 1. The topological polar surface area (TPSA) is 83.1 Å². The zero-order valence-corrected chi connectivity index (χ0v) is 16.2. The summed E-state index contributed by atoms with van der Waals surface area (Å²) in [6.07, 6.45) is -0.960. The molecule has 7 nitrogen and oxygen atoms in total. The second-order valence-electron chi connectivity index (χ2n) is 6.26. The molecule has 0 fully saturated rings. The van der Waals surface area contributed by atoms with Crippen LogP contribution in [-0.4, -0.2) is 31.4 Å². The number of carbonyl (C=O) groups is 2. The molecule has 1 atom stereocenters. The van der Waals surface area contributed by atoms with Crippen LogP contribution in [0, 0.1) is 6.92 Å². The summed E-state index contributed by atoms with van der Waals surface area (Å²) in [7, 11) is 0. The zero-order chi connectivity index (χ0) is 20.1. The van der Waals surface area contributed by atoms with Gasteiger partial charge in [-0.05, 0) is 49.2 Å². The number of amides is 1. The molecule has 0 saturated carbocycles. The quantitative estimate of drug-likeness (QED) is 0.713. The lowest BCUT2D eigenvalue weighted by atomic mass is 10.2. The molecule has 1 heterocycles. The highest BCUT2D eigenvalue weighted by Gasteiger charge is 2.19. The number of fused-ring (bicyclic) bond motifs is 1. The number of rotatable bonds is 7. The lowest BCUT2D eigenvalue weighted by Gasteiger charge is -2.14. The summed E-state index contributed by atoms with van der Waals surface area (Å²) in [6, 6.07) is 10.6. The number of carbonyl (C=O) groups excluding carboxylic acids is 2. The normalized spacial score (nSPS) is 13.0. The Morgan fingerprint density at radius 1 is 1.18 bits per heavy atom. The van der Waals surface area contributed by atoms with Crippen molar-refractivity contribution in [3.63, 3.8) is 0 Å². The van der Waals surface area contributed by atoms with E-state index >= 15 is 0 Å². The maximum absolute atomic E-state index is 12.2. The highest BCUT2D eigenvalue weighted by molar-refractivity contribution is 6.32. The summed E-state index contributed by atoms with van der Waals surface area (Å²) in [5, 5.41) is 3.11. The van der Waals surface area contributed by atoms with Crippen LogP contribution in [0.4, 0.5) is 0 Å². The molecule has 28 heavy (non-hydrogen) atoms. The molecule has 1 amide bonds. The fraction of sp³-hybridized carbons (Fsp3) is 0.300. The lowest BCUT2D eigenvalue weighted by molar-refractivity contribution is -0.156. The number of benzene rings is 2. The average Bonchev–Trinajstić information content (AvgIpc) is 3.14. The molecular weight excluding hydrogens is 386 g/mol. The molecule has 0 bridgehead atoms. The van der Waals surface area contributed by atoms with E-state index < -0.39 is 18.0 Å². The molecular formula is C20H20ClNO6. The first-order chi connectivity index (χ1) is 13.4. The number of nitrogens with one attached hydrogen (secondary N) is 1. The molecule has 0 aliphatic carbocycles. The fourth-order valence-electron chi connectivity index (χ4n) is 2.53. The molecule has 2 aromatic carbocycles. The molecule has 1 aliphatic heterocycles. The van der Waals surface area contributed by atoms with Crippen molar-refractivity contribution in [2.24, 2.45) is 0 Å². The Morgan fingerprint density at radius 2 is 1.96 bits per heavy atom. The van der Waals surface area contributed by atoms with E-state index in [-0.39, 0.29) is 19.9 Å². The summed E-state index contributed by atoms with van der Waals surface area (Å²) in [5.74, 6) is 0.616. The van der Waals surface area contributed by atoms with Gasteiger partial charge in [0.15, 0.2) is 24.2 Å². The Kier molecular flexibility index (Phi) is 6.26. The van der Waals surface area contributed by atoms with Gasteiger partial charge in [0.05, 0.1) is 5.02 Å². The van der Waals surface area contributed by atoms with Crippen molar-refractivity contribution < 1.29 is 28.5 Å². The molecule has 1 aliphatic rings. The third-order valence-electron chi connectivity index (χ3n) is 4.01. The van der Waals surface area contributed by atoms with Crippen LogP contribution in [0.25, 0.3) is 0 Å². The molecule has 0 spiro atoms. The monoisotopic (exact) mass is 405 g/mol. The van der Waals surface area contributed by atoms with Gasteiger partial charge >= 0.3 is 5.97 Å². The fourth-order valence-corrected chi connectivity index (χ4v) is 2.70. The summed E-state index contributed by atoms with van der Waals surface area (Å²) >= 11 is 6.01. The number of hydrogen-bond donors (Lipinski definition) is 1. The number of hydrogen-bond acceptors (Lipinski definition) is 6. The standard InChI is InChI=1S/C20H20ClNO6/c1-12-3-5-15(21)17(7-12)25-10-19(23)28-13(2)20(24)22-9-14-4-6-16-18(8-14)27-11-26-16/h3-8,13H,9-11H2,1-2H3,(H,22,24)/t13-/m0/s1. The van der Waals surface area contributed by atoms with Crippen molar-refractivity contribution in [3.8, 4) is 17.2 Å². The van der Waals surface area contributed by atoms with E-state index in [4.69, 9.17) is 30.5 Å². The predicted molar refractivity (Wildman–Crippen MR) is 102 cm³/mol. The van der Waals surface area contributed by atoms with Crippen LogP contribution in [0.3, 0.4) is 0 Å². The number of ether oxygens (including phenoxy) is 4. The average molecular weight is 406 g/mol. The predicted octanol–water partition coefficient (Wildman–Crippen LogP) is 3.00. The van der Waals surface area contributed by atoms with Gasteiger partial charge in [-0.2, -0.15) is 0 Å². The van der Waals surface area contributed by atoms with Crippen molar-refractivity contribution >= 4 is 23.5 Å². The first kappa shape index (κ1) is 19.8. The summed E-state index contributed by atoms with van der Waals surface area (Å²) in [4.78, 5) is 24.1. The van der Waals surface area contributed by atoms with Gasteiger partial charge < -0.3 is 24.3 Å². The molecule has 3 rings (SSSR count). The van der Waals surface area contributed by atoms with E-state index in [0.29, 0.717) is 22.3 Å². The molecule has 0 unspecified atom stereocenters. The third-order valence-corrected chi connectivity index (χ3v) is 4.33. The van der Waals surface area contributed by atoms with Crippen LogP contribution in [0.1, 0.15) is 18.1 Å². The molecule has 0 radical (unpaired) electrons. The maximum atomic E-state index is 12.2. The van der Waals surface area contributed by atoms with Gasteiger partial charge in [-0.25, -0.2) is 4.79 Å². The summed E-state index contributed by atoms with van der Waals surface area (Å²) in [6.45, 7) is 3.49. The Labute approximate surface area is 167 Å². The molecule has 1 N–H and O–H groups in total. The second-order valence-corrected chi connectivity index (χ2v) is 6.67. The van der Waals surface area contributed by atoms with Crippen molar-refractivity contribution in [3.05, 3.63) is 52.5 Å². The Hall–Kier alpha value is -2.93. The van der Waals surface area contributed by atoms with Crippen LogP contribution in [0.15, 0.2) is 36.4 Å². The van der Waals surface area contributed by atoms with Crippen LogP contribution < -0.4 is 19.5 Å². The minimum atomic E-state index is -0.960. The van der Waals surface area contributed by atoms with Crippen LogP contribution in [0.5, 0.6) is 17.2 Å². The summed E-state index contributed by atoms with van der Waals surface area (Å²) < 4.78 is 21.0. The van der Waals surface area contributed by atoms with Crippen molar-refractivity contribution in [1.82, 2.24) is 5.32 Å². The first-order valence-electron chi connectivity index (χ1n) is 8.67. The lowest BCUT2D eigenvalue weighted by Crippen LogP contribution is -2.36. The molecule has 0 saturated heterocycles. The minimum Gasteiger partial charge on any atom is -0.480 e. The summed E-state index contributed by atoms with van der Waals surface area (Å²) in [5.41, 5.74) is 1.79. The highest BCUT2D eigenvalue weighted by atomic mass is 35.5.